The Morgan fingerprint density at radius 1 is 0.622 bits per heavy atom. The van der Waals surface area contributed by atoms with E-state index in [-0.39, 0.29) is 52.2 Å². The zero-order valence-corrected chi connectivity index (χ0v) is 20.9. The second kappa shape index (κ2) is 15.2. The quantitative estimate of drug-likeness (QED) is 0.151. The van der Waals surface area contributed by atoms with Crippen LogP contribution in [0.4, 0.5) is 0 Å². The summed E-state index contributed by atoms with van der Waals surface area (Å²) in [7, 11) is 0. The van der Waals surface area contributed by atoms with Gasteiger partial charge in [0, 0.05) is 0 Å². The molecule has 4 unspecified atom stereocenters. The van der Waals surface area contributed by atoms with Gasteiger partial charge in [0.1, 0.15) is 62.7 Å². The minimum absolute atomic E-state index is 0.128. The summed E-state index contributed by atoms with van der Waals surface area (Å²) in [6.45, 7) is 3.33. The maximum absolute atomic E-state index is 9.98. The number of aliphatic hydroxyl groups excluding tert-OH is 2. The lowest BCUT2D eigenvalue weighted by Gasteiger charge is -2.14. The monoisotopic (exact) mass is 520 g/mol. The number of ether oxygens (including phenoxy) is 8. The fraction of sp³-hybridized carbons (Fsp3) is 0.556. The molecule has 2 fully saturated rings. The molecule has 4 atom stereocenters. The average molecular weight is 521 g/mol. The number of benzene rings is 2. The van der Waals surface area contributed by atoms with E-state index in [2.05, 4.69) is 0 Å². The van der Waals surface area contributed by atoms with Gasteiger partial charge in [-0.05, 0) is 41.8 Å². The molecule has 2 N–H and O–H groups in total. The van der Waals surface area contributed by atoms with Crippen LogP contribution in [0.3, 0.4) is 0 Å². The molecule has 2 saturated heterocycles. The molecule has 2 heterocycles. The van der Waals surface area contributed by atoms with E-state index in [0.29, 0.717) is 24.7 Å². The molecule has 2 aromatic carbocycles. The lowest BCUT2D eigenvalue weighted by atomic mass is 10.0. The Morgan fingerprint density at radius 2 is 1.03 bits per heavy atom. The first-order valence-electron chi connectivity index (χ1n) is 12.5. The summed E-state index contributed by atoms with van der Waals surface area (Å²) in [6, 6.07) is 15.5. The van der Waals surface area contributed by atoms with E-state index in [1.54, 1.807) is 0 Å². The van der Waals surface area contributed by atoms with Gasteiger partial charge in [0.2, 0.25) is 0 Å². The molecule has 0 aliphatic carbocycles. The minimum Gasteiger partial charge on any atom is -0.491 e. The molecular formula is C27H36O10. The SMILES string of the molecule is OC(COCOCC1CO1)COc1ccc(Cc2ccc(OCC(O)COCOCC3CO3)cc2)cc1. The Bertz CT molecular complexity index is 810. The van der Waals surface area contributed by atoms with Gasteiger partial charge in [0.25, 0.3) is 0 Å². The predicted molar refractivity (Wildman–Crippen MR) is 132 cm³/mol. The van der Waals surface area contributed by atoms with Crippen LogP contribution in [0.25, 0.3) is 0 Å². The highest BCUT2D eigenvalue weighted by atomic mass is 16.7. The number of hydrogen-bond donors (Lipinski definition) is 2. The molecule has 0 saturated carbocycles. The Hall–Kier alpha value is -2.28. The Kier molecular flexibility index (Phi) is 11.4. The van der Waals surface area contributed by atoms with Crippen molar-refractivity contribution in [1.82, 2.24) is 0 Å². The van der Waals surface area contributed by atoms with Crippen molar-refractivity contribution in [3.8, 4) is 11.5 Å². The van der Waals surface area contributed by atoms with Gasteiger partial charge in [-0.15, -0.1) is 0 Å². The third-order valence-electron chi connectivity index (χ3n) is 5.51. The van der Waals surface area contributed by atoms with Gasteiger partial charge in [-0.25, -0.2) is 0 Å². The lowest BCUT2D eigenvalue weighted by Crippen LogP contribution is -2.24. The highest BCUT2D eigenvalue weighted by Crippen LogP contribution is 2.18. The highest BCUT2D eigenvalue weighted by molar-refractivity contribution is 5.34. The summed E-state index contributed by atoms with van der Waals surface area (Å²) in [6.07, 6.45) is -0.329. The fourth-order valence-corrected chi connectivity index (χ4v) is 3.30. The van der Waals surface area contributed by atoms with Crippen molar-refractivity contribution in [3.05, 3.63) is 59.7 Å². The Morgan fingerprint density at radius 3 is 1.41 bits per heavy atom. The first-order valence-corrected chi connectivity index (χ1v) is 12.5. The topological polar surface area (TPSA) is 121 Å². The summed E-state index contributed by atoms with van der Waals surface area (Å²) in [5.41, 5.74) is 2.26. The molecule has 2 aromatic rings. The maximum atomic E-state index is 9.98. The van der Waals surface area contributed by atoms with Crippen molar-refractivity contribution in [2.45, 2.75) is 30.8 Å². The van der Waals surface area contributed by atoms with Crippen LogP contribution in [0.2, 0.25) is 0 Å². The minimum atomic E-state index is -0.740. The van der Waals surface area contributed by atoms with Gasteiger partial charge < -0.3 is 48.1 Å². The standard InChI is InChI=1S/C27H36O10/c28-22(10-30-18-32-14-26-16-36-26)12-34-24-5-1-20(2-6-24)9-21-3-7-25(8-4-21)35-13-23(29)11-31-19-33-15-27-17-37-27/h1-8,22-23,26-29H,9-19H2. The van der Waals surface area contributed by atoms with Crippen LogP contribution in [0.1, 0.15) is 11.1 Å². The van der Waals surface area contributed by atoms with Crippen LogP contribution in [0, 0.1) is 0 Å². The van der Waals surface area contributed by atoms with Crippen LogP contribution in [-0.2, 0) is 34.8 Å². The second-order valence-corrected chi connectivity index (χ2v) is 9.02. The molecular weight excluding hydrogens is 484 g/mol. The van der Waals surface area contributed by atoms with E-state index in [9.17, 15) is 10.2 Å². The predicted octanol–water partition coefficient (Wildman–Crippen LogP) is 1.54. The Labute approximate surface area is 216 Å². The van der Waals surface area contributed by atoms with Crippen molar-refractivity contribution < 1.29 is 48.1 Å². The van der Waals surface area contributed by atoms with Crippen LogP contribution < -0.4 is 9.47 Å². The molecule has 0 radical (unpaired) electrons. The van der Waals surface area contributed by atoms with Gasteiger partial charge in [-0.2, -0.15) is 0 Å². The largest absolute Gasteiger partial charge is 0.491 e. The number of epoxide rings is 2. The van der Waals surface area contributed by atoms with Crippen LogP contribution in [0.5, 0.6) is 11.5 Å². The summed E-state index contributed by atoms with van der Waals surface area (Å²) in [5, 5.41) is 20.0. The van der Waals surface area contributed by atoms with Gasteiger partial charge >= 0.3 is 0 Å². The number of aliphatic hydroxyl groups is 2. The summed E-state index contributed by atoms with van der Waals surface area (Å²) in [5.74, 6) is 1.36. The van der Waals surface area contributed by atoms with Crippen molar-refractivity contribution in [2.24, 2.45) is 0 Å². The molecule has 0 bridgehead atoms. The Balaban J connectivity index is 1.06. The first kappa shape index (κ1) is 27.7. The molecule has 10 heteroatoms. The molecule has 10 nitrogen and oxygen atoms in total. The molecule has 2 aliphatic rings. The van der Waals surface area contributed by atoms with E-state index >= 15 is 0 Å². The molecule has 37 heavy (non-hydrogen) atoms. The molecule has 0 aromatic heterocycles. The maximum Gasteiger partial charge on any atom is 0.146 e. The number of rotatable bonds is 20. The van der Waals surface area contributed by atoms with E-state index in [1.807, 2.05) is 48.5 Å². The van der Waals surface area contributed by atoms with Gasteiger partial charge in [-0.3, -0.25) is 0 Å². The van der Waals surface area contributed by atoms with E-state index in [0.717, 1.165) is 30.8 Å². The highest BCUT2D eigenvalue weighted by Gasteiger charge is 2.22. The van der Waals surface area contributed by atoms with Crippen LogP contribution in [-0.4, -0.2) is 101 Å². The zero-order valence-electron chi connectivity index (χ0n) is 20.9. The second-order valence-electron chi connectivity index (χ2n) is 9.02. The van der Waals surface area contributed by atoms with Crippen molar-refractivity contribution >= 4 is 0 Å². The first-order chi connectivity index (χ1) is 18.1. The van der Waals surface area contributed by atoms with Crippen LogP contribution in [0.15, 0.2) is 48.5 Å². The van der Waals surface area contributed by atoms with Crippen molar-refractivity contribution in [3.63, 3.8) is 0 Å². The third-order valence-corrected chi connectivity index (χ3v) is 5.51. The van der Waals surface area contributed by atoms with Crippen molar-refractivity contribution in [2.75, 3.05) is 66.4 Å². The van der Waals surface area contributed by atoms with E-state index in [4.69, 9.17) is 37.9 Å². The third kappa shape index (κ3) is 11.8. The molecule has 0 spiro atoms. The summed E-state index contributed by atoms with van der Waals surface area (Å²) >= 11 is 0. The summed E-state index contributed by atoms with van der Waals surface area (Å²) in [4.78, 5) is 0. The van der Waals surface area contributed by atoms with E-state index in [1.165, 1.54) is 0 Å². The lowest BCUT2D eigenvalue weighted by molar-refractivity contribution is -0.0866. The summed E-state index contributed by atoms with van der Waals surface area (Å²) < 4.78 is 42.4. The zero-order chi connectivity index (χ0) is 25.7. The fourth-order valence-electron chi connectivity index (χ4n) is 3.30. The average Bonchev–Trinajstić information content (AvgIpc) is 3.84. The molecule has 204 valence electrons. The normalized spacial score (nSPS) is 19.8. The van der Waals surface area contributed by atoms with Gasteiger partial charge in [-0.1, -0.05) is 24.3 Å². The van der Waals surface area contributed by atoms with Crippen LogP contribution >= 0.6 is 0 Å². The smallest absolute Gasteiger partial charge is 0.146 e. The van der Waals surface area contributed by atoms with E-state index < -0.39 is 12.2 Å². The molecule has 0 amide bonds. The van der Waals surface area contributed by atoms with Crippen molar-refractivity contribution in [1.29, 1.82) is 0 Å². The number of hydrogen-bond acceptors (Lipinski definition) is 10. The van der Waals surface area contributed by atoms with Gasteiger partial charge in [0.05, 0.1) is 39.6 Å². The van der Waals surface area contributed by atoms with Gasteiger partial charge in [0.15, 0.2) is 0 Å². The molecule has 2 aliphatic heterocycles. The molecule has 4 rings (SSSR count).